The van der Waals surface area contributed by atoms with Crippen molar-refractivity contribution in [1.82, 2.24) is 4.90 Å². The van der Waals surface area contributed by atoms with Crippen molar-refractivity contribution in [2.45, 2.75) is 6.18 Å². The van der Waals surface area contributed by atoms with Gasteiger partial charge in [-0.2, -0.15) is 13.2 Å². The van der Waals surface area contributed by atoms with Gasteiger partial charge < -0.3 is 10.0 Å². The Morgan fingerprint density at radius 1 is 1.40 bits per heavy atom. The molecule has 0 spiro atoms. The zero-order valence-electron chi connectivity index (χ0n) is 10.5. The molecule has 0 bridgehead atoms. The maximum atomic E-state index is 13.5. The Kier molecular flexibility index (Phi) is 5.11. The van der Waals surface area contributed by atoms with Crippen LogP contribution >= 0.6 is 0 Å². The molecule has 0 fully saturated rings. The number of aliphatic hydroxyl groups is 1. The van der Waals surface area contributed by atoms with Crippen molar-refractivity contribution < 1.29 is 27.5 Å². The van der Waals surface area contributed by atoms with Gasteiger partial charge in [0.1, 0.15) is 19.0 Å². The van der Waals surface area contributed by atoms with Crippen LogP contribution in [0.15, 0.2) is 18.2 Å². The van der Waals surface area contributed by atoms with Crippen LogP contribution in [0.25, 0.3) is 0 Å². The third-order valence-electron chi connectivity index (χ3n) is 2.27. The largest absolute Gasteiger partial charge is 0.406 e. The minimum atomic E-state index is -4.56. The summed E-state index contributed by atoms with van der Waals surface area (Å²) in [5.74, 6) is 2.72. The van der Waals surface area contributed by atoms with Gasteiger partial charge in [0.2, 0.25) is 0 Å². The summed E-state index contributed by atoms with van der Waals surface area (Å²) in [5, 5.41) is 8.53. The Morgan fingerprint density at radius 2 is 2.05 bits per heavy atom. The summed E-state index contributed by atoms with van der Waals surface area (Å²) < 4.78 is 50.1. The number of carbonyl (C=O) groups excluding carboxylic acids is 1. The number of rotatable bonds is 2. The monoisotopic (exact) mass is 289 g/mol. The van der Waals surface area contributed by atoms with Crippen molar-refractivity contribution in [3.63, 3.8) is 0 Å². The zero-order valence-corrected chi connectivity index (χ0v) is 10.5. The lowest BCUT2D eigenvalue weighted by molar-refractivity contribution is -0.138. The first-order chi connectivity index (χ1) is 9.24. The number of hydrogen-bond acceptors (Lipinski definition) is 2. The van der Waals surface area contributed by atoms with Gasteiger partial charge in [-0.25, -0.2) is 4.39 Å². The van der Waals surface area contributed by atoms with Gasteiger partial charge in [0.25, 0.3) is 5.91 Å². The summed E-state index contributed by atoms with van der Waals surface area (Å²) in [6.07, 6.45) is -4.56. The van der Waals surface area contributed by atoms with Crippen molar-refractivity contribution in [3.05, 3.63) is 35.1 Å². The summed E-state index contributed by atoms with van der Waals surface area (Å²) >= 11 is 0. The molecule has 1 N–H and O–H groups in total. The first-order valence-electron chi connectivity index (χ1n) is 5.46. The van der Waals surface area contributed by atoms with Crippen LogP contribution in [0.1, 0.15) is 15.9 Å². The molecule has 1 aromatic carbocycles. The minimum Gasteiger partial charge on any atom is -0.384 e. The molecule has 0 atom stereocenters. The number of carbonyl (C=O) groups is 1. The molecule has 0 heterocycles. The highest BCUT2D eigenvalue weighted by Gasteiger charge is 2.32. The molecule has 7 heteroatoms. The lowest BCUT2D eigenvalue weighted by atomic mass is 10.1. The van der Waals surface area contributed by atoms with Crippen LogP contribution in [-0.2, 0) is 0 Å². The Bertz CT molecular complexity index is 558. The molecule has 0 unspecified atom stereocenters. The smallest absolute Gasteiger partial charge is 0.384 e. The standard InChI is InChI=1S/C13H11F4NO2/c1-18(8-13(15,16)17)12(20)10-7-9(3-2-6-19)4-5-11(10)14/h4-5,7,19H,6,8H2,1H3. The molecule has 0 aliphatic rings. The van der Waals surface area contributed by atoms with Crippen LogP contribution in [0.3, 0.4) is 0 Å². The molecule has 1 aromatic rings. The Morgan fingerprint density at radius 3 is 2.60 bits per heavy atom. The number of benzene rings is 1. The van der Waals surface area contributed by atoms with E-state index in [4.69, 9.17) is 5.11 Å². The predicted molar refractivity (Wildman–Crippen MR) is 63.4 cm³/mol. The van der Waals surface area contributed by atoms with E-state index in [1.807, 2.05) is 0 Å². The molecule has 0 saturated heterocycles. The molecular formula is C13H11F4NO2. The molecule has 108 valence electrons. The fourth-order valence-corrected chi connectivity index (χ4v) is 1.45. The fourth-order valence-electron chi connectivity index (χ4n) is 1.45. The number of alkyl halides is 3. The average molecular weight is 289 g/mol. The van der Waals surface area contributed by atoms with Crippen LogP contribution in [0, 0.1) is 17.7 Å². The van der Waals surface area contributed by atoms with E-state index < -0.39 is 36.6 Å². The predicted octanol–water partition coefficient (Wildman–Crippen LogP) is 1.80. The molecule has 1 amide bonds. The van der Waals surface area contributed by atoms with E-state index >= 15 is 0 Å². The second kappa shape index (κ2) is 6.39. The molecule has 0 radical (unpaired) electrons. The summed E-state index contributed by atoms with van der Waals surface area (Å²) in [4.78, 5) is 12.1. The van der Waals surface area contributed by atoms with Crippen molar-refractivity contribution in [1.29, 1.82) is 0 Å². The van der Waals surface area contributed by atoms with Crippen LogP contribution in [0.4, 0.5) is 17.6 Å². The van der Waals surface area contributed by atoms with E-state index in [1.165, 1.54) is 6.07 Å². The Hall–Kier alpha value is -2.07. The van der Waals surface area contributed by atoms with E-state index in [-0.39, 0.29) is 5.56 Å². The number of aliphatic hydroxyl groups excluding tert-OH is 1. The lowest BCUT2D eigenvalue weighted by Crippen LogP contribution is -2.36. The van der Waals surface area contributed by atoms with Crippen molar-refractivity contribution in [3.8, 4) is 11.8 Å². The van der Waals surface area contributed by atoms with E-state index in [1.54, 1.807) is 0 Å². The summed E-state index contributed by atoms with van der Waals surface area (Å²) in [5.41, 5.74) is -0.273. The summed E-state index contributed by atoms with van der Waals surface area (Å²) in [6.45, 7) is -1.90. The van der Waals surface area contributed by atoms with E-state index in [2.05, 4.69) is 11.8 Å². The first kappa shape index (κ1) is 16.0. The molecule has 0 aliphatic carbocycles. The molecule has 0 aliphatic heterocycles. The lowest BCUT2D eigenvalue weighted by Gasteiger charge is -2.19. The maximum absolute atomic E-state index is 13.5. The van der Waals surface area contributed by atoms with Gasteiger partial charge in [0, 0.05) is 12.6 Å². The second-order valence-electron chi connectivity index (χ2n) is 3.93. The van der Waals surface area contributed by atoms with Gasteiger partial charge in [0.05, 0.1) is 5.56 Å². The quantitative estimate of drug-likeness (QED) is 0.666. The average Bonchev–Trinajstić information content (AvgIpc) is 2.35. The summed E-state index contributed by atoms with van der Waals surface area (Å²) in [7, 11) is 0.932. The van der Waals surface area contributed by atoms with Gasteiger partial charge >= 0.3 is 6.18 Å². The second-order valence-corrected chi connectivity index (χ2v) is 3.93. The zero-order chi connectivity index (χ0) is 15.3. The summed E-state index contributed by atoms with van der Waals surface area (Å²) in [6, 6.07) is 3.25. The molecule has 0 saturated carbocycles. The van der Waals surface area contributed by atoms with Gasteiger partial charge in [-0.1, -0.05) is 11.8 Å². The fraction of sp³-hybridized carbons (Fsp3) is 0.308. The van der Waals surface area contributed by atoms with Crippen molar-refractivity contribution >= 4 is 5.91 Å². The molecule has 0 aromatic heterocycles. The number of nitrogens with zero attached hydrogens (tertiary/aromatic N) is 1. The van der Waals surface area contributed by atoms with E-state index in [9.17, 15) is 22.4 Å². The van der Waals surface area contributed by atoms with Gasteiger partial charge in [-0.3, -0.25) is 4.79 Å². The number of amides is 1. The highest BCUT2D eigenvalue weighted by Crippen LogP contribution is 2.18. The topological polar surface area (TPSA) is 40.5 Å². The first-order valence-corrected chi connectivity index (χ1v) is 5.46. The van der Waals surface area contributed by atoms with Crippen LogP contribution < -0.4 is 0 Å². The molecule has 20 heavy (non-hydrogen) atoms. The maximum Gasteiger partial charge on any atom is 0.406 e. The van der Waals surface area contributed by atoms with E-state index in [0.29, 0.717) is 4.90 Å². The third kappa shape index (κ3) is 4.55. The molecular weight excluding hydrogens is 278 g/mol. The highest BCUT2D eigenvalue weighted by atomic mass is 19.4. The van der Waals surface area contributed by atoms with Crippen molar-refractivity contribution in [2.75, 3.05) is 20.2 Å². The van der Waals surface area contributed by atoms with Gasteiger partial charge in [-0.05, 0) is 18.2 Å². The molecule has 1 rings (SSSR count). The Balaban J connectivity index is 3.03. The highest BCUT2D eigenvalue weighted by molar-refractivity contribution is 5.94. The van der Waals surface area contributed by atoms with Crippen LogP contribution in [0.2, 0.25) is 0 Å². The SMILES string of the molecule is CN(CC(F)(F)F)C(=O)c1cc(C#CCO)ccc1F. The number of hydrogen-bond donors (Lipinski definition) is 1. The third-order valence-corrected chi connectivity index (χ3v) is 2.27. The van der Waals surface area contributed by atoms with Crippen LogP contribution in [0.5, 0.6) is 0 Å². The van der Waals surface area contributed by atoms with E-state index in [0.717, 1.165) is 19.2 Å². The van der Waals surface area contributed by atoms with Gasteiger partial charge in [0.15, 0.2) is 0 Å². The van der Waals surface area contributed by atoms with Gasteiger partial charge in [-0.15, -0.1) is 0 Å². The molecule has 3 nitrogen and oxygen atoms in total. The number of halogens is 4. The minimum absolute atomic E-state index is 0.226. The van der Waals surface area contributed by atoms with Crippen LogP contribution in [-0.4, -0.2) is 42.3 Å². The Labute approximate surface area is 112 Å². The van der Waals surface area contributed by atoms with Crippen molar-refractivity contribution in [2.24, 2.45) is 0 Å². The normalized spacial score (nSPS) is 10.7.